The van der Waals surface area contributed by atoms with E-state index in [0.29, 0.717) is 17.4 Å². The highest BCUT2D eigenvalue weighted by Gasteiger charge is 2.48. The quantitative estimate of drug-likeness (QED) is 0.831. The summed E-state index contributed by atoms with van der Waals surface area (Å²) < 4.78 is 11.0. The molecule has 2 heterocycles. The van der Waals surface area contributed by atoms with E-state index in [1.807, 2.05) is 0 Å². The lowest BCUT2D eigenvalue weighted by molar-refractivity contribution is 0.0131. The van der Waals surface area contributed by atoms with E-state index in [0.717, 1.165) is 56.6 Å². The van der Waals surface area contributed by atoms with Gasteiger partial charge in [0, 0.05) is 25.2 Å². The number of aromatic nitrogens is 1. The first-order valence-corrected chi connectivity index (χ1v) is 9.59. The number of hydrogen-bond donors (Lipinski definition) is 1. The predicted molar refractivity (Wildman–Crippen MR) is 92.7 cm³/mol. The van der Waals surface area contributed by atoms with Crippen molar-refractivity contribution in [2.45, 2.75) is 52.1 Å². The zero-order valence-electron chi connectivity index (χ0n) is 15.1. The molecule has 0 spiro atoms. The monoisotopic (exact) mass is 333 g/mol. The van der Waals surface area contributed by atoms with Crippen LogP contribution in [0.25, 0.3) is 0 Å². The minimum absolute atomic E-state index is 0.359. The van der Waals surface area contributed by atoms with Crippen molar-refractivity contribution in [1.29, 1.82) is 0 Å². The Kier molecular flexibility index (Phi) is 4.67. The van der Waals surface area contributed by atoms with Crippen LogP contribution in [0.1, 0.15) is 44.6 Å². The summed E-state index contributed by atoms with van der Waals surface area (Å²) in [6, 6.07) is 2.83. The second-order valence-electron chi connectivity index (χ2n) is 8.54. The van der Waals surface area contributed by atoms with Crippen molar-refractivity contribution in [3.8, 4) is 0 Å². The molecule has 0 aromatic carbocycles. The van der Waals surface area contributed by atoms with E-state index in [-0.39, 0.29) is 0 Å². The van der Waals surface area contributed by atoms with Crippen molar-refractivity contribution in [2.75, 3.05) is 32.8 Å². The number of hydrogen-bond acceptors (Lipinski definition) is 5. The van der Waals surface area contributed by atoms with E-state index in [9.17, 15) is 0 Å². The largest absolute Gasteiger partial charge is 0.379 e. The zero-order valence-corrected chi connectivity index (χ0v) is 15.1. The van der Waals surface area contributed by atoms with E-state index in [2.05, 4.69) is 35.3 Å². The van der Waals surface area contributed by atoms with Gasteiger partial charge in [-0.3, -0.25) is 4.90 Å². The summed E-state index contributed by atoms with van der Waals surface area (Å²) in [7, 11) is 0. The minimum atomic E-state index is 0.359. The van der Waals surface area contributed by atoms with Crippen LogP contribution in [0.4, 0.5) is 0 Å². The summed E-state index contributed by atoms with van der Waals surface area (Å²) in [6.07, 6.45) is 5.16. The molecule has 1 saturated heterocycles. The van der Waals surface area contributed by atoms with Crippen LogP contribution in [0.5, 0.6) is 0 Å². The van der Waals surface area contributed by atoms with Gasteiger partial charge in [-0.1, -0.05) is 19.0 Å². The molecule has 2 unspecified atom stereocenters. The highest BCUT2D eigenvalue weighted by Crippen LogP contribution is 2.48. The van der Waals surface area contributed by atoms with Crippen LogP contribution in [0.15, 0.2) is 10.6 Å². The van der Waals surface area contributed by atoms with Gasteiger partial charge in [0.2, 0.25) is 0 Å². The molecular weight excluding hydrogens is 302 g/mol. The molecule has 3 fully saturated rings. The minimum Gasteiger partial charge on any atom is -0.379 e. The maximum atomic E-state index is 5.57. The van der Waals surface area contributed by atoms with Crippen LogP contribution in [-0.4, -0.2) is 48.9 Å². The molecule has 1 aliphatic heterocycles. The Morgan fingerprint density at radius 1 is 1.29 bits per heavy atom. The number of morpholine rings is 1. The van der Waals surface area contributed by atoms with Crippen molar-refractivity contribution in [2.24, 2.45) is 17.3 Å². The van der Waals surface area contributed by atoms with Crippen molar-refractivity contribution < 1.29 is 9.26 Å². The SMILES string of the molecule is CC1(C)C(Cc2cc(CN3CCOCC3)on2)CC1NCC1CC1. The topological polar surface area (TPSA) is 50.5 Å². The molecule has 5 nitrogen and oxygen atoms in total. The summed E-state index contributed by atoms with van der Waals surface area (Å²) in [5.74, 6) is 2.65. The molecule has 1 aromatic heterocycles. The van der Waals surface area contributed by atoms with Gasteiger partial charge in [0.1, 0.15) is 0 Å². The van der Waals surface area contributed by atoms with E-state index in [1.54, 1.807) is 0 Å². The molecule has 4 rings (SSSR count). The van der Waals surface area contributed by atoms with Crippen molar-refractivity contribution in [3.05, 3.63) is 17.5 Å². The molecule has 134 valence electrons. The third-order valence-electron chi connectivity index (χ3n) is 6.37. The van der Waals surface area contributed by atoms with Crippen LogP contribution >= 0.6 is 0 Å². The fourth-order valence-electron chi connectivity index (χ4n) is 4.10. The molecule has 24 heavy (non-hydrogen) atoms. The fraction of sp³-hybridized carbons (Fsp3) is 0.842. The molecule has 2 aliphatic carbocycles. The molecule has 0 bridgehead atoms. The summed E-state index contributed by atoms with van der Waals surface area (Å²) in [6.45, 7) is 10.5. The second kappa shape index (κ2) is 6.77. The third-order valence-corrected chi connectivity index (χ3v) is 6.37. The maximum absolute atomic E-state index is 5.57. The lowest BCUT2D eigenvalue weighted by atomic mass is 9.57. The first-order valence-electron chi connectivity index (χ1n) is 9.59. The van der Waals surface area contributed by atoms with Gasteiger partial charge in [-0.15, -0.1) is 0 Å². The zero-order chi connectivity index (χ0) is 16.6. The van der Waals surface area contributed by atoms with Crippen LogP contribution in [0.3, 0.4) is 0 Å². The van der Waals surface area contributed by atoms with Crippen LogP contribution < -0.4 is 5.32 Å². The van der Waals surface area contributed by atoms with Crippen LogP contribution in [-0.2, 0) is 17.7 Å². The normalized spacial score (nSPS) is 30.2. The van der Waals surface area contributed by atoms with E-state index < -0.39 is 0 Å². The third kappa shape index (κ3) is 3.68. The molecule has 1 N–H and O–H groups in total. The molecule has 0 radical (unpaired) electrons. The summed E-state index contributed by atoms with van der Waals surface area (Å²) in [5.41, 5.74) is 1.48. The molecular formula is C19H31N3O2. The Balaban J connectivity index is 1.26. The van der Waals surface area contributed by atoms with Crippen molar-refractivity contribution >= 4 is 0 Å². The first-order chi connectivity index (χ1) is 11.6. The summed E-state index contributed by atoms with van der Waals surface area (Å²) >= 11 is 0. The first kappa shape index (κ1) is 16.6. The smallest absolute Gasteiger partial charge is 0.150 e. The maximum Gasteiger partial charge on any atom is 0.150 e. The molecule has 5 heteroatoms. The molecule has 2 atom stereocenters. The number of rotatable bonds is 7. The van der Waals surface area contributed by atoms with Gasteiger partial charge in [-0.05, 0) is 49.5 Å². The lowest BCUT2D eigenvalue weighted by Crippen LogP contribution is -2.57. The highest BCUT2D eigenvalue weighted by molar-refractivity contribution is 5.11. The van der Waals surface area contributed by atoms with Gasteiger partial charge in [0.15, 0.2) is 5.76 Å². The van der Waals surface area contributed by atoms with E-state index in [1.165, 1.54) is 25.8 Å². The Morgan fingerprint density at radius 3 is 2.79 bits per heavy atom. The van der Waals surface area contributed by atoms with E-state index >= 15 is 0 Å². The Morgan fingerprint density at radius 2 is 2.08 bits per heavy atom. The van der Waals surface area contributed by atoms with Gasteiger partial charge in [-0.25, -0.2) is 0 Å². The lowest BCUT2D eigenvalue weighted by Gasteiger charge is -2.52. The Bertz CT molecular complexity index is 547. The predicted octanol–water partition coefficient (Wildman–Crippen LogP) is 2.46. The van der Waals surface area contributed by atoms with Gasteiger partial charge in [-0.2, -0.15) is 0 Å². The van der Waals surface area contributed by atoms with E-state index in [4.69, 9.17) is 9.26 Å². The summed E-state index contributed by atoms with van der Waals surface area (Å²) in [4.78, 5) is 2.37. The summed E-state index contributed by atoms with van der Waals surface area (Å²) in [5, 5.41) is 8.11. The van der Waals surface area contributed by atoms with Gasteiger partial charge in [0.25, 0.3) is 0 Å². The second-order valence-corrected chi connectivity index (χ2v) is 8.54. The van der Waals surface area contributed by atoms with Gasteiger partial charge >= 0.3 is 0 Å². The number of nitrogens with zero attached hydrogens (tertiary/aromatic N) is 2. The molecule has 3 aliphatic rings. The molecule has 1 aromatic rings. The van der Waals surface area contributed by atoms with Gasteiger partial charge in [0.05, 0.1) is 25.5 Å². The van der Waals surface area contributed by atoms with Crippen LogP contribution in [0.2, 0.25) is 0 Å². The molecule has 0 amide bonds. The number of nitrogens with one attached hydrogen (secondary N) is 1. The highest BCUT2D eigenvalue weighted by atomic mass is 16.5. The number of ether oxygens (including phenoxy) is 1. The standard InChI is InChI=1S/C19H31N3O2/c1-19(2)15(10-18(19)20-12-14-3-4-14)9-16-11-17(24-21-16)13-22-5-7-23-8-6-22/h11,14-15,18,20H,3-10,12-13H2,1-2H3. The Labute approximate surface area is 145 Å². The van der Waals surface area contributed by atoms with Crippen molar-refractivity contribution in [1.82, 2.24) is 15.4 Å². The van der Waals surface area contributed by atoms with Gasteiger partial charge < -0.3 is 14.6 Å². The Hall–Kier alpha value is -0.910. The average Bonchev–Trinajstić information content (AvgIpc) is 3.30. The average molecular weight is 333 g/mol. The fourth-order valence-corrected chi connectivity index (χ4v) is 4.10. The van der Waals surface area contributed by atoms with Crippen molar-refractivity contribution in [3.63, 3.8) is 0 Å². The van der Waals surface area contributed by atoms with Crippen LogP contribution in [0, 0.1) is 17.3 Å². The molecule has 2 saturated carbocycles.